The lowest BCUT2D eigenvalue weighted by atomic mass is 10.3. The molecule has 104 valence electrons. The molecule has 0 spiro atoms. The Kier molecular flexibility index (Phi) is 4.35. The molecule has 19 heavy (non-hydrogen) atoms. The zero-order chi connectivity index (χ0) is 13.9. The van der Waals surface area contributed by atoms with Crippen LogP contribution in [-0.4, -0.2) is 37.0 Å². The second kappa shape index (κ2) is 5.83. The number of aromatic nitrogens is 2. The number of rotatable bonds is 6. The molecule has 0 aliphatic rings. The predicted octanol–water partition coefficient (Wildman–Crippen LogP) is 1.01. The zero-order valence-corrected chi connectivity index (χ0v) is 12.4. The van der Waals surface area contributed by atoms with Crippen LogP contribution in [0, 0.1) is 0 Å². The van der Waals surface area contributed by atoms with Gasteiger partial charge in [0, 0.05) is 25.7 Å². The summed E-state index contributed by atoms with van der Waals surface area (Å²) >= 11 is 1.55. The van der Waals surface area contributed by atoms with Crippen LogP contribution >= 0.6 is 11.3 Å². The predicted molar refractivity (Wildman–Crippen MR) is 74.3 cm³/mol. The fourth-order valence-corrected chi connectivity index (χ4v) is 3.63. The van der Waals surface area contributed by atoms with Gasteiger partial charge in [0.05, 0.1) is 6.20 Å². The maximum Gasteiger partial charge on any atom is 0.260 e. The molecule has 2 N–H and O–H groups in total. The summed E-state index contributed by atoms with van der Waals surface area (Å²) in [5.74, 6) is 0. The summed E-state index contributed by atoms with van der Waals surface area (Å²) < 4.78 is 26.2. The maximum atomic E-state index is 12.4. The summed E-state index contributed by atoms with van der Waals surface area (Å²) in [4.78, 5) is 0. The van der Waals surface area contributed by atoms with Crippen LogP contribution in [0.1, 0.15) is 11.1 Å². The Hall–Kier alpha value is -1.22. The lowest BCUT2D eigenvalue weighted by molar-refractivity contribution is 0.463. The van der Waals surface area contributed by atoms with Gasteiger partial charge in [0.25, 0.3) is 10.0 Å². The van der Waals surface area contributed by atoms with E-state index in [0.717, 1.165) is 5.56 Å². The van der Waals surface area contributed by atoms with Gasteiger partial charge in [0.2, 0.25) is 0 Å². The highest BCUT2D eigenvalue weighted by Gasteiger charge is 2.25. The van der Waals surface area contributed by atoms with Crippen LogP contribution < -0.4 is 5.32 Å². The van der Waals surface area contributed by atoms with Gasteiger partial charge in [-0.1, -0.05) is 0 Å². The van der Waals surface area contributed by atoms with Crippen LogP contribution in [0.2, 0.25) is 0 Å². The van der Waals surface area contributed by atoms with E-state index in [2.05, 4.69) is 15.5 Å². The van der Waals surface area contributed by atoms with E-state index in [9.17, 15) is 8.42 Å². The SMILES string of the molecule is CNCc1cn[nH]c1S(=O)(=O)N(C)Cc1ccsc1. The van der Waals surface area contributed by atoms with Crippen molar-refractivity contribution in [1.82, 2.24) is 19.8 Å². The molecule has 0 bridgehead atoms. The Morgan fingerprint density at radius 3 is 2.95 bits per heavy atom. The fraction of sp³-hybridized carbons (Fsp3) is 0.364. The molecule has 8 heteroatoms. The van der Waals surface area contributed by atoms with Crippen molar-refractivity contribution in [2.24, 2.45) is 0 Å². The molecular formula is C11H16N4O2S2. The quantitative estimate of drug-likeness (QED) is 0.834. The van der Waals surface area contributed by atoms with Crippen molar-refractivity contribution in [3.05, 3.63) is 34.2 Å². The summed E-state index contributed by atoms with van der Waals surface area (Å²) in [5.41, 5.74) is 1.62. The zero-order valence-electron chi connectivity index (χ0n) is 10.8. The van der Waals surface area contributed by atoms with E-state index in [0.29, 0.717) is 18.7 Å². The second-order valence-corrected chi connectivity index (χ2v) is 6.91. The summed E-state index contributed by atoms with van der Waals surface area (Å²) in [6, 6.07) is 1.91. The van der Waals surface area contributed by atoms with Crippen molar-refractivity contribution < 1.29 is 8.42 Å². The smallest absolute Gasteiger partial charge is 0.260 e. The first-order chi connectivity index (χ1) is 9.05. The summed E-state index contributed by atoms with van der Waals surface area (Å²) in [7, 11) is -0.216. The lowest BCUT2D eigenvalue weighted by Crippen LogP contribution is -2.27. The number of aromatic amines is 1. The first-order valence-corrected chi connectivity index (χ1v) is 8.08. The molecule has 0 aliphatic carbocycles. The Bertz CT molecular complexity index is 619. The Balaban J connectivity index is 2.23. The number of hydrogen-bond acceptors (Lipinski definition) is 5. The van der Waals surface area contributed by atoms with Gasteiger partial charge < -0.3 is 5.32 Å². The fourth-order valence-electron chi connectivity index (χ4n) is 1.72. The first kappa shape index (κ1) is 14.2. The van der Waals surface area contributed by atoms with E-state index in [4.69, 9.17) is 0 Å². The van der Waals surface area contributed by atoms with E-state index >= 15 is 0 Å². The first-order valence-electron chi connectivity index (χ1n) is 5.70. The number of nitrogens with zero attached hydrogens (tertiary/aromatic N) is 2. The second-order valence-electron chi connectivity index (χ2n) is 4.15. The molecule has 0 unspecified atom stereocenters. The minimum atomic E-state index is -3.54. The van der Waals surface area contributed by atoms with E-state index in [1.165, 1.54) is 10.5 Å². The van der Waals surface area contributed by atoms with Crippen molar-refractivity contribution in [1.29, 1.82) is 0 Å². The maximum absolute atomic E-state index is 12.4. The van der Waals surface area contributed by atoms with E-state index in [1.807, 2.05) is 16.8 Å². The Morgan fingerprint density at radius 2 is 2.32 bits per heavy atom. The molecule has 0 fully saturated rings. The van der Waals surface area contributed by atoms with Gasteiger partial charge >= 0.3 is 0 Å². The molecule has 6 nitrogen and oxygen atoms in total. The van der Waals surface area contributed by atoms with Crippen molar-refractivity contribution in [3.8, 4) is 0 Å². The number of sulfonamides is 1. The summed E-state index contributed by atoms with van der Waals surface area (Å²) in [6.45, 7) is 0.807. The molecule has 2 aromatic rings. The molecule has 0 saturated carbocycles. The van der Waals surface area contributed by atoms with Gasteiger partial charge in [0.15, 0.2) is 5.03 Å². The molecular weight excluding hydrogens is 284 g/mol. The van der Waals surface area contributed by atoms with Gasteiger partial charge in [-0.05, 0) is 29.4 Å². The van der Waals surface area contributed by atoms with Crippen molar-refractivity contribution >= 4 is 21.4 Å². The average Bonchev–Trinajstić information content (AvgIpc) is 3.00. The number of H-pyrrole nitrogens is 1. The summed E-state index contributed by atoms with van der Waals surface area (Å²) in [5, 5.41) is 13.3. The van der Waals surface area contributed by atoms with Gasteiger partial charge in [-0.15, -0.1) is 0 Å². The highest BCUT2D eigenvalue weighted by molar-refractivity contribution is 7.89. The minimum absolute atomic E-state index is 0.152. The van der Waals surface area contributed by atoms with Crippen LogP contribution in [0.15, 0.2) is 28.0 Å². The van der Waals surface area contributed by atoms with Crippen LogP contribution in [0.25, 0.3) is 0 Å². The van der Waals surface area contributed by atoms with E-state index < -0.39 is 10.0 Å². The normalized spacial score (nSPS) is 12.2. The van der Waals surface area contributed by atoms with Crippen LogP contribution in [0.4, 0.5) is 0 Å². The largest absolute Gasteiger partial charge is 0.316 e. The molecule has 2 heterocycles. The molecule has 0 amide bonds. The van der Waals surface area contributed by atoms with Crippen molar-refractivity contribution in [2.45, 2.75) is 18.1 Å². The molecule has 0 atom stereocenters. The molecule has 0 saturated heterocycles. The third-order valence-electron chi connectivity index (χ3n) is 2.70. The number of nitrogens with one attached hydrogen (secondary N) is 2. The summed E-state index contributed by atoms with van der Waals surface area (Å²) in [6.07, 6.45) is 1.53. The monoisotopic (exact) mass is 300 g/mol. The highest BCUT2D eigenvalue weighted by Crippen LogP contribution is 2.19. The third kappa shape index (κ3) is 3.03. The van der Waals surface area contributed by atoms with Gasteiger partial charge in [-0.3, -0.25) is 5.10 Å². The van der Waals surface area contributed by atoms with E-state index in [-0.39, 0.29) is 5.03 Å². The van der Waals surface area contributed by atoms with Gasteiger partial charge in [-0.25, -0.2) is 8.42 Å². The van der Waals surface area contributed by atoms with Crippen LogP contribution in [0.5, 0.6) is 0 Å². The molecule has 0 aromatic carbocycles. The molecule has 0 aliphatic heterocycles. The molecule has 2 rings (SSSR count). The molecule has 2 aromatic heterocycles. The Labute approximate surface area is 116 Å². The molecule has 0 radical (unpaired) electrons. The average molecular weight is 300 g/mol. The van der Waals surface area contributed by atoms with Gasteiger partial charge in [0.1, 0.15) is 0 Å². The third-order valence-corrected chi connectivity index (χ3v) is 5.25. The lowest BCUT2D eigenvalue weighted by Gasteiger charge is -2.16. The number of hydrogen-bond donors (Lipinski definition) is 2. The van der Waals surface area contributed by atoms with E-state index in [1.54, 1.807) is 25.4 Å². The minimum Gasteiger partial charge on any atom is -0.316 e. The standard InChI is InChI=1S/C11H16N4O2S2/c1-12-5-10-6-13-14-11(10)19(16,17)15(2)7-9-3-4-18-8-9/h3-4,6,8,12H,5,7H2,1-2H3,(H,13,14). The van der Waals surface area contributed by atoms with Crippen molar-refractivity contribution in [3.63, 3.8) is 0 Å². The highest BCUT2D eigenvalue weighted by atomic mass is 32.2. The van der Waals surface area contributed by atoms with Crippen LogP contribution in [0.3, 0.4) is 0 Å². The Morgan fingerprint density at radius 1 is 1.53 bits per heavy atom. The van der Waals surface area contributed by atoms with Crippen LogP contribution in [-0.2, 0) is 23.1 Å². The van der Waals surface area contributed by atoms with Gasteiger partial charge in [-0.2, -0.15) is 20.7 Å². The topological polar surface area (TPSA) is 78.1 Å². The van der Waals surface area contributed by atoms with Crippen molar-refractivity contribution in [2.75, 3.05) is 14.1 Å². The number of thiophene rings is 1.